The lowest BCUT2D eigenvalue weighted by molar-refractivity contribution is -0.137. The summed E-state index contributed by atoms with van der Waals surface area (Å²) >= 11 is 0. The van der Waals surface area contributed by atoms with Crippen molar-refractivity contribution in [1.29, 1.82) is 0 Å². The first-order valence-electron chi connectivity index (χ1n) is 9.64. The first-order valence-corrected chi connectivity index (χ1v) is 9.64. The maximum Gasteiger partial charge on any atom is 0.330 e. The van der Waals surface area contributed by atoms with Crippen LogP contribution in [0.5, 0.6) is 0 Å². The molecule has 7 nitrogen and oxygen atoms in total. The zero-order chi connectivity index (χ0) is 20.6. The molecule has 7 heteroatoms. The van der Waals surface area contributed by atoms with Crippen LogP contribution in [-0.2, 0) is 14.3 Å². The van der Waals surface area contributed by atoms with E-state index in [9.17, 15) is 14.4 Å². The van der Waals surface area contributed by atoms with Crippen molar-refractivity contribution in [2.24, 2.45) is 5.92 Å². The molecule has 29 heavy (non-hydrogen) atoms. The minimum atomic E-state index is -0.392. The van der Waals surface area contributed by atoms with Gasteiger partial charge in [0.05, 0.1) is 24.4 Å². The third-order valence-electron chi connectivity index (χ3n) is 4.72. The van der Waals surface area contributed by atoms with Gasteiger partial charge in [-0.2, -0.15) is 0 Å². The molecule has 1 fully saturated rings. The van der Waals surface area contributed by atoms with Crippen LogP contribution in [0, 0.1) is 5.92 Å². The van der Waals surface area contributed by atoms with Crippen LogP contribution in [0.3, 0.4) is 0 Å². The van der Waals surface area contributed by atoms with Crippen LogP contribution in [0.2, 0.25) is 0 Å². The summed E-state index contributed by atoms with van der Waals surface area (Å²) in [6, 6.07) is 8.80. The molecule has 0 aliphatic carbocycles. The number of rotatable bonds is 6. The maximum atomic E-state index is 12.7. The number of hydrogen-bond acceptors (Lipinski definition) is 5. The third-order valence-corrected chi connectivity index (χ3v) is 4.72. The molecule has 1 aromatic carbocycles. The van der Waals surface area contributed by atoms with Crippen molar-refractivity contribution in [2.45, 2.75) is 19.8 Å². The quantitative estimate of drug-likeness (QED) is 0.598. The standard InChI is InChI=1S/C22H24N2O5/c1-2-29-20(25)10-7-16-5-8-19(9-6-16)23-21(26)17-4-3-12-24(14-17)22(27)18-11-13-28-15-18/h5-11,13,15,17H,2-4,12,14H2,1H3,(H,23,26)/b10-7+. The van der Waals surface area contributed by atoms with Crippen molar-refractivity contribution in [2.75, 3.05) is 25.0 Å². The number of anilines is 1. The summed E-state index contributed by atoms with van der Waals surface area (Å²) < 4.78 is 9.81. The van der Waals surface area contributed by atoms with E-state index in [0.717, 1.165) is 18.4 Å². The van der Waals surface area contributed by atoms with E-state index in [0.29, 0.717) is 30.9 Å². The molecule has 2 aromatic rings. The molecule has 2 heterocycles. The van der Waals surface area contributed by atoms with Gasteiger partial charge in [0.1, 0.15) is 6.26 Å². The molecular formula is C22H24N2O5. The van der Waals surface area contributed by atoms with Crippen LogP contribution in [0.1, 0.15) is 35.7 Å². The van der Waals surface area contributed by atoms with Gasteiger partial charge in [0, 0.05) is 24.9 Å². The first kappa shape index (κ1) is 20.4. The number of hydrogen-bond donors (Lipinski definition) is 1. The normalized spacial score (nSPS) is 16.6. The molecule has 3 rings (SSSR count). The Bertz CT molecular complexity index is 871. The Morgan fingerprint density at radius 3 is 2.72 bits per heavy atom. The van der Waals surface area contributed by atoms with Gasteiger partial charge in [-0.25, -0.2) is 4.79 Å². The van der Waals surface area contributed by atoms with Crippen LogP contribution in [0.15, 0.2) is 53.4 Å². The molecule has 1 N–H and O–H groups in total. The summed E-state index contributed by atoms with van der Waals surface area (Å²) in [6.45, 7) is 3.11. The monoisotopic (exact) mass is 396 g/mol. The highest BCUT2D eigenvalue weighted by molar-refractivity contribution is 5.96. The molecule has 1 saturated heterocycles. The number of carbonyl (C=O) groups is 3. The Morgan fingerprint density at radius 2 is 2.03 bits per heavy atom. The Labute approximate surface area is 169 Å². The number of likely N-dealkylation sites (tertiary alicyclic amines) is 1. The smallest absolute Gasteiger partial charge is 0.330 e. The predicted octanol–water partition coefficient (Wildman–Crippen LogP) is 3.35. The highest BCUT2D eigenvalue weighted by atomic mass is 16.5. The lowest BCUT2D eigenvalue weighted by Gasteiger charge is -2.31. The number of nitrogens with one attached hydrogen (secondary N) is 1. The van der Waals surface area contributed by atoms with Crippen molar-refractivity contribution >= 4 is 29.5 Å². The largest absolute Gasteiger partial charge is 0.472 e. The average molecular weight is 396 g/mol. The topological polar surface area (TPSA) is 88.9 Å². The van der Waals surface area contributed by atoms with Crippen LogP contribution < -0.4 is 5.32 Å². The summed E-state index contributed by atoms with van der Waals surface area (Å²) in [7, 11) is 0. The Kier molecular flexibility index (Phi) is 6.84. The average Bonchev–Trinajstić information content (AvgIpc) is 3.28. The summed E-state index contributed by atoms with van der Waals surface area (Å²) in [5.41, 5.74) is 1.99. The van der Waals surface area contributed by atoms with E-state index in [1.807, 2.05) is 0 Å². The van der Waals surface area contributed by atoms with Gasteiger partial charge in [0.2, 0.25) is 5.91 Å². The predicted molar refractivity (Wildman–Crippen MR) is 108 cm³/mol. The zero-order valence-electron chi connectivity index (χ0n) is 16.3. The summed E-state index contributed by atoms with van der Waals surface area (Å²) in [5.74, 6) is -0.877. The minimum absolute atomic E-state index is 0.107. The fraction of sp³-hybridized carbons (Fsp3) is 0.318. The van der Waals surface area contributed by atoms with E-state index >= 15 is 0 Å². The van der Waals surface area contributed by atoms with Crippen molar-refractivity contribution in [3.8, 4) is 0 Å². The lowest BCUT2D eigenvalue weighted by atomic mass is 9.96. The van der Waals surface area contributed by atoms with Crippen molar-refractivity contribution < 1.29 is 23.5 Å². The first-order chi connectivity index (χ1) is 14.1. The summed E-state index contributed by atoms with van der Waals surface area (Å²) in [6.07, 6.45) is 7.42. The highest BCUT2D eigenvalue weighted by Gasteiger charge is 2.29. The SMILES string of the molecule is CCOC(=O)/C=C/c1ccc(NC(=O)C2CCCN(C(=O)c3ccoc3)C2)cc1. The molecule has 2 amide bonds. The third kappa shape index (κ3) is 5.57. The highest BCUT2D eigenvalue weighted by Crippen LogP contribution is 2.21. The molecule has 0 saturated carbocycles. The molecule has 152 valence electrons. The van der Waals surface area contributed by atoms with Crippen LogP contribution >= 0.6 is 0 Å². The Morgan fingerprint density at radius 1 is 1.24 bits per heavy atom. The van der Waals surface area contributed by atoms with Gasteiger partial charge >= 0.3 is 5.97 Å². The van der Waals surface area contributed by atoms with Gasteiger partial charge < -0.3 is 19.4 Å². The molecule has 0 radical (unpaired) electrons. The van der Waals surface area contributed by atoms with E-state index in [1.165, 1.54) is 18.6 Å². The zero-order valence-corrected chi connectivity index (χ0v) is 16.3. The molecule has 1 aliphatic heterocycles. The van der Waals surface area contributed by atoms with Crippen molar-refractivity contribution in [3.05, 3.63) is 60.1 Å². The van der Waals surface area contributed by atoms with Gasteiger partial charge in [0.15, 0.2) is 0 Å². The fourth-order valence-corrected chi connectivity index (χ4v) is 3.22. The van der Waals surface area contributed by atoms with Gasteiger partial charge in [0.25, 0.3) is 5.91 Å². The van der Waals surface area contributed by atoms with E-state index in [4.69, 9.17) is 9.15 Å². The van der Waals surface area contributed by atoms with Gasteiger partial charge in [-0.3, -0.25) is 9.59 Å². The number of furan rings is 1. The molecule has 1 unspecified atom stereocenters. The van der Waals surface area contributed by atoms with Gasteiger partial charge in [-0.05, 0) is 49.6 Å². The van der Waals surface area contributed by atoms with Crippen molar-refractivity contribution in [3.63, 3.8) is 0 Å². The Balaban J connectivity index is 1.55. The number of nitrogens with zero attached hydrogens (tertiary/aromatic N) is 1. The summed E-state index contributed by atoms with van der Waals surface area (Å²) in [5, 5.41) is 2.91. The number of esters is 1. The molecule has 1 aliphatic rings. The second-order valence-electron chi connectivity index (χ2n) is 6.80. The molecule has 1 aromatic heterocycles. The van der Waals surface area contributed by atoms with Crippen LogP contribution in [0.25, 0.3) is 6.08 Å². The fourth-order valence-electron chi connectivity index (χ4n) is 3.22. The second-order valence-corrected chi connectivity index (χ2v) is 6.80. The number of piperidine rings is 1. The van der Waals surface area contributed by atoms with Crippen molar-refractivity contribution in [1.82, 2.24) is 4.90 Å². The van der Waals surface area contributed by atoms with E-state index in [2.05, 4.69) is 5.32 Å². The number of carbonyl (C=O) groups excluding carboxylic acids is 3. The maximum absolute atomic E-state index is 12.7. The molecule has 0 bridgehead atoms. The summed E-state index contributed by atoms with van der Waals surface area (Å²) in [4.78, 5) is 38.2. The van der Waals surface area contributed by atoms with E-state index in [-0.39, 0.29) is 17.7 Å². The van der Waals surface area contributed by atoms with E-state index in [1.54, 1.807) is 48.2 Å². The van der Waals surface area contributed by atoms with Crippen LogP contribution in [0.4, 0.5) is 5.69 Å². The minimum Gasteiger partial charge on any atom is -0.472 e. The molecule has 0 spiro atoms. The van der Waals surface area contributed by atoms with Gasteiger partial charge in [-0.15, -0.1) is 0 Å². The number of amides is 2. The van der Waals surface area contributed by atoms with Crippen LogP contribution in [-0.4, -0.2) is 42.4 Å². The van der Waals surface area contributed by atoms with E-state index < -0.39 is 5.97 Å². The second kappa shape index (κ2) is 9.73. The Hall–Kier alpha value is -3.35. The molecular weight excluding hydrogens is 372 g/mol. The van der Waals surface area contributed by atoms with Gasteiger partial charge in [-0.1, -0.05) is 12.1 Å². The number of ether oxygens (including phenoxy) is 1. The molecule has 1 atom stereocenters. The number of benzene rings is 1. The lowest BCUT2D eigenvalue weighted by Crippen LogP contribution is -2.43.